The van der Waals surface area contributed by atoms with Gasteiger partial charge in [0.25, 0.3) is 11.8 Å². The predicted octanol–water partition coefficient (Wildman–Crippen LogP) is 4.77. The number of piperidine rings is 2. The highest BCUT2D eigenvalue weighted by Gasteiger charge is 2.39. The van der Waals surface area contributed by atoms with Crippen molar-refractivity contribution in [2.45, 2.75) is 121 Å². The van der Waals surface area contributed by atoms with Gasteiger partial charge in [0, 0.05) is 13.1 Å². The lowest BCUT2D eigenvalue weighted by Gasteiger charge is -2.35. The summed E-state index contributed by atoms with van der Waals surface area (Å²) in [4.78, 5) is 43.8. The number of sulfonamides is 2. The van der Waals surface area contributed by atoms with Crippen molar-refractivity contribution >= 4 is 49.5 Å². The maximum absolute atomic E-state index is 13.2. The van der Waals surface area contributed by atoms with E-state index in [0.29, 0.717) is 37.1 Å². The summed E-state index contributed by atoms with van der Waals surface area (Å²) in [6, 6.07) is 8.19. The van der Waals surface area contributed by atoms with Crippen LogP contribution in [0.5, 0.6) is 0 Å². The van der Waals surface area contributed by atoms with E-state index in [4.69, 9.17) is 25.9 Å². The van der Waals surface area contributed by atoms with Crippen LogP contribution in [-0.2, 0) is 31.4 Å². The minimum atomic E-state index is -3.55. The van der Waals surface area contributed by atoms with Crippen molar-refractivity contribution in [2.75, 3.05) is 24.6 Å². The number of amidine groups is 2. The molecule has 2 atom stereocenters. The van der Waals surface area contributed by atoms with Gasteiger partial charge in [-0.15, -0.1) is 0 Å². The van der Waals surface area contributed by atoms with Crippen molar-refractivity contribution in [3.8, 4) is 0 Å². The second-order valence-corrected chi connectivity index (χ2v) is 20.2. The monoisotopic (exact) mass is 859 g/mol. The zero-order valence-electron chi connectivity index (χ0n) is 33.5. The summed E-state index contributed by atoms with van der Waals surface area (Å²) in [5.74, 6) is -1.15. The Morgan fingerprint density at radius 1 is 0.695 bits per heavy atom. The number of hydrogen-bond acceptors (Lipinski definition) is 12. The number of nitrogens with two attached hydrogens (primary N) is 2. The molecule has 59 heavy (non-hydrogen) atoms. The molecule has 19 heteroatoms. The number of benzene rings is 1. The molecule has 4 heterocycles. The van der Waals surface area contributed by atoms with Crippen molar-refractivity contribution in [1.82, 2.24) is 13.5 Å². The molecule has 324 valence electrons. The molecule has 5 aliphatic rings. The van der Waals surface area contributed by atoms with Crippen LogP contribution in [0.2, 0.25) is 0 Å². The van der Waals surface area contributed by atoms with E-state index in [1.807, 2.05) is 0 Å². The number of furan rings is 1. The number of amides is 2. The van der Waals surface area contributed by atoms with Gasteiger partial charge in [-0.1, -0.05) is 73.8 Å². The molecule has 3 aliphatic heterocycles. The molecule has 0 radical (unpaired) electrons. The molecule has 0 unspecified atom stereocenters. The van der Waals surface area contributed by atoms with Crippen molar-refractivity contribution in [1.29, 1.82) is 0 Å². The van der Waals surface area contributed by atoms with Crippen LogP contribution >= 0.6 is 0 Å². The normalized spacial score (nSPS) is 23.4. The van der Waals surface area contributed by atoms with E-state index in [0.717, 1.165) is 88.4 Å². The van der Waals surface area contributed by atoms with Crippen LogP contribution < -0.4 is 11.5 Å². The Labute approximate surface area is 346 Å². The van der Waals surface area contributed by atoms with Crippen molar-refractivity contribution in [3.63, 3.8) is 0 Å². The highest BCUT2D eigenvalue weighted by Crippen LogP contribution is 2.31. The van der Waals surface area contributed by atoms with Gasteiger partial charge in [0.15, 0.2) is 11.7 Å². The van der Waals surface area contributed by atoms with Crippen molar-refractivity contribution in [2.24, 2.45) is 33.6 Å². The minimum absolute atomic E-state index is 0.0110. The third-order valence-electron chi connectivity index (χ3n) is 12.1. The zero-order valence-corrected chi connectivity index (χ0v) is 35.1. The van der Waals surface area contributed by atoms with Gasteiger partial charge in [-0.25, -0.2) is 21.6 Å². The van der Waals surface area contributed by atoms with E-state index in [-0.39, 0.29) is 53.1 Å². The van der Waals surface area contributed by atoms with Crippen LogP contribution in [0.25, 0.3) is 0 Å². The average molecular weight is 860 g/mol. The second kappa shape index (κ2) is 19.8. The largest absolute Gasteiger partial charge is 0.452 e. The third-order valence-corrected chi connectivity index (χ3v) is 16.1. The first kappa shape index (κ1) is 44.2. The standard InChI is InChI=1S/C27H32N4O7S.C13H25N3O3S/c28-24(22-12-6-7-15-31(22)39(35,36)17-18-8-2-1-3-9-18)29-38-27(34)23-14-13-19(37-23)16-30-25(32)20-10-4-5-11-21(20)26(30)33;14-13(15-17)12-8-4-5-9-16(12)20(18,19)10-11-6-2-1-3-7-11/h4-5,10-11,13-14,18,22H,1-3,6-9,12,15-17H2,(H2,28,29);11-12,17H,1-10H2,(H2,14,15)/t22-;12-/m00/s1. The van der Waals surface area contributed by atoms with E-state index in [9.17, 15) is 31.2 Å². The number of carbonyl (C=O) groups excluding carboxylic acids is 3. The Hall–Kier alpha value is -4.33. The molecule has 7 rings (SSSR count). The average Bonchev–Trinajstić information content (AvgIpc) is 3.82. The van der Waals surface area contributed by atoms with Gasteiger partial charge in [-0.2, -0.15) is 8.61 Å². The van der Waals surface area contributed by atoms with Gasteiger partial charge in [0.2, 0.25) is 25.8 Å². The molecule has 17 nitrogen and oxygen atoms in total. The molecule has 1 aromatic heterocycles. The fraction of sp³-hybridized carbons (Fsp3) is 0.625. The van der Waals surface area contributed by atoms with Crippen LogP contribution in [-0.4, -0.2) is 102 Å². The topological polar surface area (TPSA) is 249 Å². The highest BCUT2D eigenvalue weighted by molar-refractivity contribution is 7.89. The van der Waals surface area contributed by atoms with Crippen molar-refractivity contribution in [3.05, 3.63) is 59.0 Å². The van der Waals surface area contributed by atoms with Crippen LogP contribution in [0, 0.1) is 11.8 Å². The lowest BCUT2D eigenvalue weighted by Crippen LogP contribution is -2.51. The predicted molar refractivity (Wildman–Crippen MR) is 219 cm³/mol. The summed E-state index contributed by atoms with van der Waals surface area (Å²) in [5.41, 5.74) is 12.4. The molecule has 5 N–H and O–H groups in total. The molecule has 2 amide bonds. The zero-order chi connectivity index (χ0) is 42.2. The Bertz CT molecular complexity index is 2060. The Balaban J connectivity index is 0.000000246. The summed E-state index contributed by atoms with van der Waals surface area (Å²) < 4.78 is 60.1. The molecular formula is C40H57N7O10S2. The maximum atomic E-state index is 13.2. The number of fused-ring (bicyclic) bond motifs is 1. The molecule has 0 bridgehead atoms. The van der Waals surface area contributed by atoms with Gasteiger partial charge >= 0.3 is 5.97 Å². The quantitative estimate of drug-likeness (QED) is 0.0653. The molecule has 2 saturated carbocycles. The van der Waals surface area contributed by atoms with Crippen molar-refractivity contribution < 1.29 is 45.7 Å². The number of carbonyl (C=O) groups is 3. The first-order valence-electron chi connectivity index (χ1n) is 20.8. The molecule has 2 aromatic rings. The van der Waals surface area contributed by atoms with E-state index in [1.165, 1.54) is 27.2 Å². The maximum Gasteiger partial charge on any atom is 0.400 e. The molecule has 1 aromatic carbocycles. The summed E-state index contributed by atoms with van der Waals surface area (Å²) in [6.45, 7) is 0.681. The van der Waals surface area contributed by atoms with Gasteiger partial charge in [0.1, 0.15) is 5.76 Å². The molecule has 4 fully saturated rings. The fourth-order valence-electron chi connectivity index (χ4n) is 8.94. The van der Waals surface area contributed by atoms with Crippen LogP contribution in [0.1, 0.15) is 140 Å². The first-order chi connectivity index (χ1) is 28.3. The first-order valence-corrected chi connectivity index (χ1v) is 24.1. The lowest BCUT2D eigenvalue weighted by molar-refractivity contribution is 0.0472. The second-order valence-electron chi connectivity index (χ2n) is 16.2. The fourth-order valence-corrected chi connectivity index (χ4v) is 13.2. The van der Waals surface area contributed by atoms with E-state index in [1.54, 1.807) is 24.3 Å². The van der Waals surface area contributed by atoms with E-state index >= 15 is 0 Å². The number of nitrogens with zero attached hydrogens (tertiary/aromatic N) is 5. The van der Waals surface area contributed by atoms with E-state index < -0.39 is 49.9 Å². The summed E-state index contributed by atoms with van der Waals surface area (Å²) in [5, 5.41) is 15.6. The Morgan fingerprint density at radius 3 is 1.66 bits per heavy atom. The smallest absolute Gasteiger partial charge is 0.400 e. The van der Waals surface area contributed by atoms with Crippen LogP contribution in [0.4, 0.5) is 0 Å². The molecular weight excluding hydrogens is 803 g/mol. The number of rotatable bonds is 12. The molecule has 0 spiro atoms. The molecule has 2 saturated heterocycles. The van der Waals surface area contributed by atoms with E-state index in [2.05, 4.69) is 10.3 Å². The van der Waals surface area contributed by atoms with Crippen LogP contribution in [0.15, 0.2) is 51.1 Å². The lowest BCUT2D eigenvalue weighted by atomic mass is 9.91. The summed E-state index contributed by atoms with van der Waals surface area (Å²) in [7, 11) is -6.88. The third kappa shape index (κ3) is 10.9. The number of hydrogen-bond donors (Lipinski definition) is 3. The van der Waals surface area contributed by atoms with Crippen LogP contribution in [0.3, 0.4) is 0 Å². The van der Waals surface area contributed by atoms with Gasteiger partial charge in [0.05, 0.1) is 41.3 Å². The van der Waals surface area contributed by atoms with Gasteiger partial charge < -0.3 is 25.9 Å². The highest BCUT2D eigenvalue weighted by atomic mass is 32.2. The Kier molecular flexibility index (Phi) is 14.9. The number of oxime groups is 2. The molecule has 2 aliphatic carbocycles. The SMILES string of the molecule is N/C(=N\O)[C@@H]1CCCCN1S(=O)(=O)CC1CCCCC1.N/C(=N\OC(=O)c1ccc(CN2C(=O)c3ccccc3C2=O)o1)[C@@H]1CCCCN1S(=O)(=O)CC1CCCCC1. The van der Waals surface area contributed by atoms with Gasteiger partial charge in [-0.05, 0) is 87.5 Å². The summed E-state index contributed by atoms with van der Waals surface area (Å²) in [6.07, 6.45) is 15.0. The van der Waals surface area contributed by atoms with Gasteiger partial charge in [-0.3, -0.25) is 14.5 Å². The number of imide groups is 1. The summed E-state index contributed by atoms with van der Waals surface area (Å²) >= 11 is 0. The minimum Gasteiger partial charge on any atom is -0.452 e. The Morgan fingerprint density at radius 2 is 1.17 bits per heavy atom.